The number of hydrogen-bond acceptors (Lipinski definition) is 3. The SMILES string of the molecule is Cc1ccc(NC2(CN)CCCSC2)cc1. The van der Waals surface area contributed by atoms with E-state index in [-0.39, 0.29) is 5.54 Å². The first kappa shape index (κ1) is 11.8. The lowest BCUT2D eigenvalue weighted by atomic mass is 9.95. The van der Waals surface area contributed by atoms with E-state index in [2.05, 4.69) is 36.5 Å². The maximum atomic E-state index is 5.94. The zero-order chi connectivity index (χ0) is 11.4. The highest BCUT2D eigenvalue weighted by Gasteiger charge is 2.30. The Bertz CT molecular complexity index is 328. The Morgan fingerprint density at radius 1 is 1.38 bits per heavy atom. The van der Waals surface area contributed by atoms with Gasteiger partial charge in [0.2, 0.25) is 0 Å². The predicted octanol–water partition coefficient (Wildman–Crippen LogP) is 2.63. The molecular formula is C13H20N2S. The van der Waals surface area contributed by atoms with Gasteiger partial charge in [0.1, 0.15) is 0 Å². The summed E-state index contributed by atoms with van der Waals surface area (Å²) in [6.45, 7) is 2.83. The molecule has 1 aromatic rings. The van der Waals surface area contributed by atoms with Crippen molar-refractivity contribution in [2.24, 2.45) is 5.73 Å². The highest BCUT2D eigenvalue weighted by Crippen LogP contribution is 2.29. The maximum Gasteiger partial charge on any atom is 0.0586 e. The average molecular weight is 236 g/mol. The van der Waals surface area contributed by atoms with Gasteiger partial charge in [-0.25, -0.2) is 0 Å². The average Bonchev–Trinajstić information content (AvgIpc) is 2.33. The topological polar surface area (TPSA) is 38.0 Å². The number of rotatable bonds is 3. The zero-order valence-corrected chi connectivity index (χ0v) is 10.6. The highest BCUT2D eigenvalue weighted by atomic mass is 32.2. The van der Waals surface area contributed by atoms with Crippen molar-refractivity contribution in [3.05, 3.63) is 29.8 Å². The van der Waals surface area contributed by atoms with Gasteiger partial charge in [0.25, 0.3) is 0 Å². The summed E-state index contributed by atoms with van der Waals surface area (Å²) in [4.78, 5) is 0. The first-order valence-electron chi connectivity index (χ1n) is 5.87. The standard InChI is InChI=1S/C13H20N2S/c1-11-3-5-12(6-4-11)15-13(9-14)7-2-8-16-10-13/h3-6,15H,2,7-10,14H2,1H3. The van der Waals surface area contributed by atoms with Crippen molar-refractivity contribution in [2.45, 2.75) is 25.3 Å². The molecule has 0 aromatic heterocycles. The minimum atomic E-state index is 0.109. The van der Waals surface area contributed by atoms with Crippen molar-refractivity contribution in [3.63, 3.8) is 0 Å². The van der Waals surface area contributed by atoms with Crippen LogP contribution in [0.3, 0.4) is 0 Å². The van der Waals surface area contributed by atoms with Crippen LogP contribution in [0.1, 0.15) is 18.4 Å². The lowest BCUT2D eigenvalue weighted by Crippen LogP contribution is -2.49. The number of benzene rings is 1. The van der Waals surface area contributed by atoms with E-state index in [1.54, 1.807) is 0 Å². The van der Waals surface area contributed by atoms with Crippen LogP contribution in [0.25, 0.3) is 0 Å². The molecule has 16 heavy (non-hydrogen) atoms. The smallest absolute Gasteiger partial charge is 0.0586 e. The molecule has 1 unspecified atom stereocenters. The largest absolute Gasteiger partial charge is 0.377 e. The van der Waals surface area contributed by atoms with Crippen molar-refractivity contribution >= 4 is 17.4 Å². The summed E-state index contributed by atoms with van der Waals surface area (Å²) in [5.41, 5.74) is 8.54. The van der Waals surface area contributed by atoms with Crippen molar-refractivity contribution in [1.82, 2.24) is 0 Å². The fourth-order valence-corrected chi connectivity index (χ4v) is 3.32. The second-order valence-electron chi connectivity index (χ2n) is 4.63. The summed E-state index contributed by atoms with van der Waals surface area (Å²) in [6.07, 6.45) is 2.45. The Morgan fingerprint density at radius 2 is 2.12 bits per heavy atom. The molecule has 3 heteroatoms. The molecular weight excluding hydrogens is 216 g/mol. The number of nitrogens with one attached hydrogen (secondary N) is 1. The molecule has 0 amide bonds. The van der Waals surface area contributed by atoms with E-state index < -0.39 is 0 Å². The molecule has 0 bridgehead atoms. The quantitative estimate of drug-likeness (QED) is 0.847. The van der Waals surface area contributed by atoms with Crippen LogP contribution in [0.4, 0.5) is 5.69 Å². The lowest BCUT2D eigenvalue weighted by Gasteiger charge is -2.37. The Morgan fingerprint density at radius 3 is 2.69 bits per heavy atom. The minimum absolute atomic E-state index is 0.109. The van der Waals surface area contributed by atoms with Crippen LogP contribution in [0.5, 0.6) is 0 Å². The van der Waals surface area contributed by atoms with Gasteiger partial charge in [-0.1, -0.05) is 17.7 Å². The van der Waals surface area contributed by atoms with Crippen LogP contribution in [0, 0.1) is 6.92 Å². The molecule has 1 aliphatic heterocycles. The van der Waals surface area contributed by atoms with Gasteiger partial charge < -0.3 is 11.1 Å². The van der Waals surface area contributed by atoms with Gasteiger partial charge in [-0.3, -0.25) is 0 Å². The second kappa shape index (κ2) is 5.11. The summed E-state index contributed by atoms with van der Waals surface area (Å²) >= 11 is 2.01. The Balaban J connectivity index is 2.08. The molecule has 1 saturated heterocycles. The second-order valence-corrected chi connectivity index (χ2v) is 5.74. The van der Waals surface area contributed by atoms with Crippen molar-refractivity contribution in [2.75, 3.05) is 23.4 Å². The van der Waals surface area contributed by atoms with E-state index in [1.807, 2.05) is 11.8 Å². The number of hydrogen-bond donors (Lipinski definition) is 2. The number of nitrogens with two attached hydrogens (primary N) is 1. The first-order chi connectivity index (χ1) is 7.74. The fourth-order valence-electron chi connectivity index (χ4n) is 2.11. The van der Waals surface area contributed by atoms with Crippen LogP contribution < -0.4 is 11.1 Å². The fraction of sp³-hybridized carbons (Fsp3) is 0.538. The summed E-state index contributed by atoms with van der Waals surface area (Å²) < 4.78 is 0. The Labute approximate surface area is 102 Å². The van der Waals surface area contributed by atoms with E-state index in [4.69, 9.17) is 5.73 Å². The van der Waals surface area contributed by atoms with Gasteiger partial charge in [0, 0.05) is 18.0 Å². The zero-order valence-electron chi connectivity index (χ0n) is 9.83. The number of thioether (sulfide) groups is 1. The maximum absolute atomic E-state index is 5.94. The van der Waals surface area contributed by atoms with Gasteiger partial charge in [-0.2, -0.15) is 11.8 Å². The monoisotopic (exact) mass is 236 g/mol. The van der Waals surface area contributed by atoms with E-state index in [0.29, 0.717) is 6.54 Å². The van der Waals surface area contributed by atoms with Gasteiger partial charge in [0.05, 0.1) is 5.54 Å². The molecule has 0 spiro atoms. The van der Waals surface area contributed by atoms with E-state index in [1.165, 1.54) is 29.8 Å². The summed E-state index contributed by atoms with van der Waals surface area (Å²) in [7, 11) is 0. The molecule has 0 aliphatic carbocycles. The number of aryl methyl sites for hydroxylation is 1. The molecule has 1 fully saturated rings. The van der Waals surface area contributed by atoms with Crippen LogP contribution in [0.15, 0.2) is 24.3 Å². The lowest BCUT2D eigenvalue weighted by molar-refractivity contribution is 0.476. The van der Waals surface area contributed by atoms with E-state index >= 15 is 0 Å². The minimum Gasteiger partial charge on any atom is -0.377 e. The molecule has 1 aromatic carbocycles. The van der Waals surface area contributed by atoms with E-state index in [0.717, 1.165) is 5.75 Å². The normalized spacial score (nSPS) is 25.4. The molecule has 2 rings (SSSR count). The molecule has 1 heterocycles. The number of anilines is 1. The molecule has 88 valence electrons. The molecule has 1 aliphatic rings. The molecule has 1 atom stereocenters. The Kier molecular flexibility index (Phi) is 3.77. The van der Waals surface area contributed by atoms with E-state index in [9.17, 15) is 0 Å². The molecule has 0 saturated carbocycles. The van der Waals surface area contributed by atoms with Gasteiger partial charge >= 0.3 is 0 Å². The summed E-state index contributed by atoms with van der Waals surface area (Å²) in [6, 6.07) is 8.57. The third kappa shape index (κ3) is 2.71. The van der Waals surface area contributed by atoms with Gasteiger partial charge in [-0.05, 0) is 37.7 Å². The van der Waals surface area contributed by atoms with Gasteiger partial charge in [0.15, 0.2) is 0 Å². The van der Waals surface area contributed by atoms with Crippen molar-refractivity contribution < 1.29 is 0 Å². The van der Waals surface area contributed by atoms with Crippen molar-refractivity contribution in [3.8, 4) is 0 Å². The summed E-state index contributed by atoms with van der Waals surface area (Å²) in [5.74, 6) is 2.40. The third-order valence-electron chi connectivity index (χ3n) is 3.17. The van der Waals surface area contributed by atoms with Crippen LogP contribution in [0.2, 0.25) is 0 Å². The molecule has 2 nitrogen and oxygen atoms in total. The molecule has 3 N–H and O–H groups in total. The van der Waals surface area contributed by atoms with Crippen LogP contribution in [-0.2, 0) is 0 Å². The summed E-state index contributed by atoms with van der Waals surface area (Å²) in [5, 5.41) is 3.63. The first-order valence-corrected chi connectivity index (χ1v) is 7.02. The van der Waals surface area contributed by atoms with Crippen LogP contribution in [-0.4, -0.2) is 23.6 Å². The predicted molar refractivity (Wildman–Crippen MR) is 73.1 cm³/mol. The third-order valence-corrected chi connectivity index (χ3v) is 4.51. The van der Waals surface area contributed by atoms with Gasteiger partial charge in [-0.15, -0.1) is 0 Å². The van der Waals surface area contributed by atoms with Crippen molar-refractivity contribution in [1.29, 1.82) is 0 Å². The molecule has 0 radical (unpaired) electrons. The Hall–Kier alpha value is -0.670. The van der Waals surface area contributed by atoms with Crippen LogP contribution >= 0.6 is 11.8 Å². The highest BCUT2D eigenvalue weighted by molar-refractivity contribution is 7.99.